The quantitative estimate of drug-likeness (QED) is 0.615. The summed E-state index contributed by atoms with van der Waals surface area (Å²) in [5, 5.41) is 3.08. The number of carbonyl (C=O) groups excluding carboxylic acids is 1. The number of hydrogen-bond donors (Lipinski definition) is 1. The molecule has 0 heterocycles. The summed E-state index contributed by atoms with van der Waals surface area (Å²) < 4.78 is 15.6. The van der Waals surface area contributed by atoms with Gasteiger partial charge < -0.3 is 19.5 Å². The Labute approximate surface area is 104 Å². The molecule has 0 aromatic heterocycles. The maximum Gasteiger partial charge on any atom is 0.328 e. The molecule has 0 spiro atoms. The molecular weight excluding hydrogens is 222 g/mol. The zero-order valence-electron chi connectivity index (χ0n) is 11.5. The van der Waals surface area contributed by atoms with Crippen LogP contribution >= 0.6 is 0 Å². The van der Waals surface area contributed by atoms with Gasteiger partial charge in [-0.3, -0.25) is 0 Å². The summed E-state index contributed by atoms with van der Waals surface area (Å²) in [5.74, 6) is -0.317. The molecule has 0 bridgehead atoms. The number of esters is 1. The predicted octanol–water partition coefficient (Wildman–Crippen LogP) is 0.969. The Morgan fingerprint density at radius 2 is 2.06 bits per heavy atom. The van der Waals surface area contributed by atoms with Crippen LogP contribution in [-0.2, 0) is 19.0 Å². The van der Waals surface area contributed by atoms with Crippen molar-refractivity contribution in [3.8, 4) is 0 Å². The third-order valence-electron chi connectivity index (χ3n) is 2.42. The van der Waals surface area contributed by atoms with E-state index < -0.39 is 5.54 Å². The Balaban J connectivity index is 4.21. The van der Waals surface area contributed by atoms with Crippen molar-refractivity contribution < 1.29 is 19.0 Å². The third kappa shape index (κ3) is 6.00. The average Bonchev–Trinajstić information content (AvgIpc) is 2.33. The molecule has 0 aliphatic carbocycles. The molecule has 102 valence electrons. The van der Waals surface area contributed by atoms with Crippen molar-refractivity contribution in [1.82, 2.24) is 5.32 Å². The zero-order valence-corrected chi connectivity index (χ0v) is 11.5. The van der Waals surface area contributed by atoms with E-state index in [1.165, 1.54) is 7.11 Å². The molecule has 2 atom stereocenters. The number of carbonyl (C=O) groups is 1. The van der Waals surface area contributed by atoms with Crippen LogP contribution < -0.4 is 5.32 Å². The van der Waals surface area contributed by atoms with Gasteiger partial charge in [0.15, 0.2) is 0 Å². The first kappa shape index (κ1) is 16.4. The maximum absolute atomic E-state index is 11.7. The standard InChI is InChI=1S/C12H25NO4/c1-6-13-12(4,11(14)15-5)9-17-10(3)8-16-7-2/h10,13H,6-9H2,1-5H3. The van der Waals surface area contributed by atoms with Crippen molar-refractivity contribution in [2.45, 2.75) is 39.3 Å². The molecule has 1 N–H and O–H groups in total. The van der Waals surface area contributed by atoms with E-state index in [0.29, 0.717) is 19.8 Å². The minimum absolute atomic E-state index is 0.0439. The van der Waals surface area contributed by atoms with E-state index in [2.05, 4.69) is 5.32 Å². The molecule has 0 rings (SSSR count). The SMILES string of the molecule is CCNC(C)(COC(C)COCC)C(=O)OC. The smallest absolute Gasteiger partial charge is 0.328 e. The Hall–Kier alpha value is -0.650. The van der Waals surface area contributed by atoms with Crippen molar-refractivity contribution in [2.75, 3.05) is 33.5 Å². The van der Waals surface area contributed by atoms with E-state index in [4.69, 9.17) is 14.2 Å². The summed E-state index contributed by atoms with van der Waals surface area (Å²) in [6.45, 7) is 9.69. The Morgan fingerprint density at radius 1 is 1.41 bits per heavy atom. The summed E-state index contributed by atoms with van der Waals surface area (Å²) in [7, 11) is 1.38. The van der Waals surface area contributed by atoms with E-state index in [9.17, 15) is 4.79 Å². The van der Waals surface area contributed by atoms with E-state index in [1.54, 1.807) is 6.92 Å². The summed E-state index contributed by atoms with van der Waals surface area (Å²) in [5.41, 5.74) is -0.802. The summed E-state index contributed by atoms with van der Waals surface area (Å²) >= 11 is 0. The van der Waals surface area contributed by atoms with Crippen molar-refractivity contribution in [2.24, 2.45) is 0 Å². The second-order valence-electron chi connectivity index (χ2n) is 4.14. The van der Waals surface area contributed by atoms with Gasteiger partial charge in [0.2, 0.25) is 0 Å². The number of ether oxygens (including phenoxy) is 3. The van der Waals surface area contributed by atoms with Gasteiger partial charge in [-0.1, -0.05) is 6.92 Å². The second kappa shape index (κ2) is 8.44. The van der Waals surface area contributed by atoms with Gasteiger partial charge >= 0.3 is 5.97 Å². The van der Waals surface area contributed by atoms with E-state index >= 15 is 0 Å². The number of nitrogens with one attached hydrogen (secondary N) is 1. The molecule has 0 fully saturated rings. The van der Waals surface area contributed by atoms with Gasteiger partial charge in [-0.15, -0.1) is 0 Å². The fourth-order valence-corrected chi connectivity index (χ4v) is 1.44. The molecule has 5 nitrogen and oxygen atoms in total. The number of methoxy groups -OCH3 is 1. The maximum atomic E-state index is 11.7. The summed E-state index contributed by atoms with van der Waals surface area (Å²) in [6, 6.07) is 0. The van der Waals surface area contributed by atoms with Crippen LogP contribution in [0.25, 0.3) is 0 Å². The molecule has 2 unspecified atom stereocenters. The van der Waals surface area contributed by atoms with E-state index in [0.717, 1.165) is 0 Å². The van der Waals surface area contributed by atoms with Crippen molar-refractivity contribution in [3.63, 3.8) is 0 Å². The molecule has 0 aromatic rings. The van der Waals surface area contributed by atoms with Crippen LogP contribution in [0.1, 0.15) is 27.7 Å². The minimum Gasteiger partial charge on any atom is -0.468 e. The lowest BCUT2D eigenvalue weighted by Crippen LogP contribution is -2.54. The summed E-state index contributed by atoms with van der Waals surface area (Å²) in [6.07, 6.45) is -0.0439. The Bertz CT molecular complexity index is 223. The van der Waals surface area contributed by atoms with Gasteiger partial charge in [0.25, 0.3) is 0 Å². The van der Waals surface area contributed by atoms with Gasteiger partial charge in [0, 0.05) is 6.61 Å². The summed E-state index contributed by atoms with van der Waals surface area (Å²) in [4.78, 5) is 11.7. The van der Waals surface area contributed by atoms with Crippen molar-refractivity contribution in [1.29, 1.82) is 0 Å². The van der Waals surface area contributed by atoms with Crippen LogP contribution in [0.4, 0.5) is 0 Å². The van der Waals surface area contributed by atoms with Gasteiger partial charge in [-0.05, 0) is 27.3 Å². The first-order chi connectivity index (χ1) is 8.00. The van der Waals surface area contributed by atoms with Crippen LogP contribution in [0.15, 0.2) is 0 Å². The molecule has 5 heteroatoms. The normalized spacial score (nSPS) is 16.3. The lowest BCUT2D eigenvalue weighted by molar-refractivity contribution is -0.152. The van der Waals surface area contributed by atoms with Crippen LogP contribution in [0.2, 0.25) is 0 Å². The highest BCUT2D eigenvalue weighted by Gasteiger charge is 2.34. The monoisotopic (exact) mass is 247 g/mol. The van der Waals surface area contributed by atoms with Gasteiger partial charge in [0.1, 0.15) is 5.54 Å². The van der Waals surface area contributed by atoms with Gasteiger partial charge in [-0.2, -0.15) is 0 Å². The lowest BCUT2D eigenvalue weighted by atomic mass is 10.0. The molecule has 0 aliphatic rings. The average molecular weight is 247 g/mol. The molecule has 0 aliphatic heterocycles. The predicted molar refractivity (Wildman–Crippen MR) is 66.0 cm³/mol. The van der Waals surface area contributed by atoms with Crippen LogP contribution in [0.3, 0.4) is 0 Å². The number of likely N-dealkylation sites (N-methyl/N-ethyl adjacent to an activating group) is 1. The molecule has 0 saturated carbocycles. The third-order valence-corrected chi connectivity index (χ3v) is 2.42. The fourth-order valence-electron chi connectivity index (χ4n) is 1.44. The van der Waals surface area contributed by atoms with Gasteiger partial charge in [-0.25, -0.2) is 4.79 Å². The first-order valence-electron chi connectivity index (χ1n) is 6.03. The number of hydrogen-bond acceptors (Lipinski definition) is 5. The highest BCUT2D eigenvalue weighted by Crippen LogP contribution is 2.09. The molecule has 0 saturated heterocycles. The molecule has 17 heavy (non-hydrogen) atoms. The molecule has 0 radical (unpaired) electrons. The van der Waals surface area contributed by atoms with Gasteiger partial charge in [0.05, 0.1) is 26.4 Å². The Kier molecular flexibility index (Phi) is 8.12. The van der Waals surface area contributed by atoms with Crippen molar-refractivity contribution >= 4 is 5.97 Å². The van der Waals surface area contributed by atoms with Crippen LogP contribution in [0, 0.1) is 0 Å². The minimum atomic E-state index is -0.802. The molecule has 0 amide bonds. The zero-order chi connectivity index (χ0) is 13.3. The fraction of sp³-hybridized carbons (Fsp3) is 0.917. The first-order valence-corrected chi connectivity index (χ1v) is 6.03. The van der Waals surface area contributed by atoms with E-state index in [1.807, 2.05) is 20.8 Å². The lowest BCUT2D eigenvalue weighted by Gasteiger charge is -2.28. The van der Waals surface area contributed by atoms with Crippen LogP contribution in [-0.4, -0.2) is 51.1 Å². The van der Waals surface area contributed by atoms with Crippen LogP contribution in [0.5, 0.6) is 0 Å². The highest BCUT2D eigenvalue weighted by molar-refractivity contribution is 5.80. The number of rotatable bonds is 9. The largest absolute Gasteiger partial charge is 0.468 e. The highest BCUT2D eigenvalue weighted by atomic mass is 16.5. The van der Waals surface area contributed by atoms with E-state index in [-0.39, 0.29) is 18.7 Å². The second-order valence-corrected chi connectivity index (χ2v) is 4.14. The molecular formula is C12H25NO4. The topological polar surface area (TPSA) is 56.8 Å². The Morgan fingerprint density at radius 3 is 2.53 bits per heavy atom. The molecule has 0 aromatic carbocycles. The van der Waals surface area contributed by atoms with Crippen molar-refractivity contribution in [3.05, 3.63) is 0 Å².